The van der Waals surface area contributed by atoms with Gasteiger partial charge in [-0.05, 0) is 23.6 Å². The van der Waals surface area contributed by atoms with Crippen molar-refractivity contribution >= 4 is 35.1 Å². The normalized spacial score (nSPS) is 19.2. The van der Waals surface area contributed by atoms with Crippen LogP contribution in [0.15, 0.2) is 18.2 Å². The average molecular weight is 301 g/mol. The number of amides is 3. The number of nitrogens with one attached hydrogen (secondary N) is 1. The minimum atomic E-state index is -0.449. The third-order valence-corrected chi connectivity index (χ3v) is 3.79. The zero-order valence-electron chi connectivity index (χ0n) is 10.6. The molecule has 1 aromatic carbocycles. The quantitative estimate of drug-likeness (QED) is 0.872. The van der Waals surface area contributed by atoms with Crippen LogP contribution in [-0.4, -0.2) is 22.9 Å². The van der Waals surface area contributed by atoms with Crippen LogP contribution < -0.4 is 5.32 Å². The second kappa shape index (κ2) is 5.39. The topological polar surface area (TPSA) is 49.4 Å². The summed E-state index contributed by atoms with van der Waals surface area (Å²) in [7, 11) is 0. The number of rotatable bonds is 3. The van der Waals surface area contributed by atoms with Crippen LogP contribution in [0.2, 0.25) is 10.0 Å². The van der Waals surface area contributed by atoms with Crippen molar-refractivity contribution in [1.82, 2.24) is 10.2 Å². The molecule has 1 saturated heterocycles. The van der Waals surface area contributed by atoms with Crippen LogP contribution in [0.4, 0.5) is 4.79 Å². The van der Waals surface area contributed by atoms with E-state index in [0.29, 0.717) is 10.0 Å². The summed E-state index contributed by atoms with van der Waals surface area (Å²) in [6, 6.07) is 4.24. The number of urea groups is 1. The highest BCUT2D eigenvalue weighted by molar-refractivity contribution is 6.42. The van der Waals surface area contributed by atoms with Crippen LogP contribution in [0.25, 0.3) is 0 Å². The van der Waals surface area contributed by atoms with Crippen molar-refractivity contribution in [3.8, 4) is 0 Å². The SMILES string of the molecule is CC(C)[C@@H]1NC(=O)N(Cc2ccc(Cl)c(Cl)c2)C1=O. The van der Waals surface area contributed by atoms with E-state index in [2.05, 4.69) is 5.32 Å². The minimum Gasteiger partial charge on any atom is -0.326 e. The summed E-state index contributed by atoms with van der Waals surface area (Å²) in [6.07, 6.45) is 0. The average Bonchev–Trinajstić information content (AvgIpc) is 2.62. The minimum absolute atomic E-state index is 0.0651. The van der Waals surface area contributed by atoms with Gasteiger partial charge >= 0.3 is 6.03 Å². The molecule has 6 heteroatoms. The van der Waals surface area contributed by atoms with E-state index in [0.717, 1.165) is 5.56 Å². The van der Waals surface area contributed by atoms with Crippen molar-refractivity contribution in [2.75, 3.05) is 0 Å². The van der Waals surface area contributed by atoms with Crippen LogP contribution in [0, 0.1) is 5.92 Å². The molecule has 0 radical (unpaired) electrons. The first-order valence-electron chi connectivity index (χ1n) is 5.96. The monoisotopic (exact) mass is 300 g/mol. The lowest BCUT2D eigenvalue weighted by molar-refractivity contribution is -0.128. The molecule has 102 valence electrons. The maximum absolute atomic E-state index is 12.1. The van der Waals surface area contributed by atoms with Gasteiger partial charge in [0.2, 0.25) is 0 Å². The number of nitrogens with zero attached hydrogens (tertiary/aromatic N) is 1. The van der Waals surface area contributed by atoms with Gasteiger partial charge in [-0.15, -0.1) is 0 Å². The molecule has 1 heterocycles. The fraction of sp³-hybridized carbons (Fsp3) is 0.385. The molecule has 0 aliphatic carbocycles. The molecular weight excluding hydrogens is 287 g/mol. The van der Waals surface area contributed by atoms with Gasteiger partial charge in [-0.25, -0.2) is 4.79 Å². The number of hydrogen-bond acceptors (Lipinski definition) is 2. The molecule has 0 saturated carbocycles. The maximum Gasteiger partial charge on any atom is 0.325 e. The van der Waals surface area contributed by atoms with Crippen LogP contribution >= 0.6 is 23.2 Å². The van der Waals surface area contributed by atoms with Crippen LogP contribution in [0.1, 0.15) is 19.4 Å². The summed E-state index contributed by atoms with van der Waals surface area (Å²) >= 11 is 11.7. The van der Waals surface area contributed by atoms with Crippen molar-refractivity contribution in [2.24, 2.45) is 5.92 Å². The van der Waals surface area contributed by atoms with Crippen LogP contribution in [0.3, 0.4) is 0 Å². The van der Waals surface area contributed by atoms with E-state index in [1.54, 1.807) is 18.2 Å². The first kappa shape index (κ1) is 14.2. The van der Waals surface area contributed by atoms with Gasteiger partial charge < -0.3 is 5.32 Å². The van der Waals surface area contributed by atoms with E-state index < -0.39 is 6.04 Å². The zero-order valence-corrected chi connectivity index (χ0v) is 12.1. The molecule has 19 heavy (non-hydrogen) atoms. The molecule has 1 N–H and O–H groups in total. The van der Waals surface area contributed by atoms with E-state index in [9.17, 15) is 9.59 Å². The Bertz CT molecular complexity index is 531. The molecular formula is C13H14Cl2N2O2. The van der Waals surface area contributed by atoms with Crippen molar-refractivity contribution in [1.29, 1.82) is 0 Å². The van der Waals surface area contributed by atoms with Crippen molar-refractivity contribution in [3.63, 3.8) is 0 Å². The summed E-state index contributed by atoms with van der Waals surface area (Å²) in [6.45, 7) is 3.99. The van der Waals surface area contributed by atoms with E-state index >= 15 is 0 Å². The van der Waals surface area contributed by atoms with E-state index in [1.807, 2.05) is 13.8 Å². The Hall–Kier alpha value is -1.26. The van der Waals surface area contributed by atoms with Gasteiger partial charge in [-0.3, -0.25) is 9.69 Å². The molecule has 1 aromatic rings. The predicted octanol–water partition coefficient (Wildman–Crippen LogP) is 3.07. The number of imide groups is 1. The molecule has 0 unspecified atom stereocenters. The van der Waals surface area contributed by atoms with Gasteiger partial charge in [0.25, 0.3) is 5.91 Å². The number of hydrogen-bond donors (Lipinski definition) is 1. The molecule has 0 bridgehead atoms. The largest absolute Gasteiger partial charge is 0.326 e. The molecule has 1 aliphatic rings. The van der Waals surface area contributed by atoms with Gasteiger partial charge in [0, 0.05) is 0 Å². The molecule has 1 atom stereocenters. The number of carbonyl (C=O) groups is 2. The lowest BCUT2D eigenvalue weighted by Crippen LogP contribution is -2.34. The van der Waals surface area contributed by atoms with Crippen molar-refractivity contribution < 1.29 is 9.59 Å². The standard InChI is InChI=1S/C13H14Cl2N2O2/c1-7(2)11-12(18)17(13(19)16-11)6-8-3-4-9(14)10(15)5-8/h3-5,7,11H,6H2,1-2H3,(H,16,19)/t11-/m0/s1. The van der Waals surface area contributed by atoms with Crippen molar-refractivity contribution in [3.05, 3.63) is 33.8 Å². The maximum atomic E-state index is 12.1. The first-order chi connectivity index (χ1) is 8.90. The van der Waals surface area contributed by atoms with Gasteiger partial charge in [-0.1, -0.05) is 43.1 Å². The lowest BCUT2D eigenvalue weighted by atomic mass is 10.0. The lowest BCUT2D eigenvalue weighted by Gasteiger charge is -2.14. The Morgan fingerprint density at radius 1 is 1.26 bits per heavy atom. The molecule has 4 nitrogen and oxygen atoms in total. The van der Waals surface area contributed by atoms with E-state index in [4.69, 9.17) is 23.2 Å². The smallest absolute Gasteiger partial charge is 0.325 e. The van der Waals surface area contributed by atoms with Gasteiger partial charge in [0.15, 0.2) is 0 Å². The second-order valence-corrected chi connectivity index (χ2v) is 5.66. The van der Waals surface area contributed by atoms with Gasteiger partial charge in [-0.2, -0.15) is 0 Å². The summed E-state index contributed by atoms with van der Waals surface area (Å²) in [5.41, 5.74) is 0.766. The molecule has 3 amide bonds. The molecule has 0 spiro atoms. The molecule has 1 fully saturated rings. The summed E-state index contributed by atoms with van der Waals surface area (Å²) < 4.78 is 0. The Labute approximate surface area is 121 Å². The number of halogens is 2. The van der Waals surface area contributed by atoms with Crippen LogP contribution in [0.5, 0.6) is 0 Å². The third-order valence-electron chi connectivity index (χ3n) is 3.05. The van der Waals surface area contributed by atoms with E-state index in [1.165, 1.54) is 4.90 Å². The fourth-order valence-electron chi connectivity index (χ4n) is 1.96. The van der Waals surface area contributed by atoms with Gasteiger partial charge in [0.05, 0.1) is 16.6 Å². The highest BCUT2D eigenvalue weighted by atomic mass is 35.5. The molecule has 0 aromatic heterocycles. The van der Waals surface area contributed by atoms with E-state index in [-0.39, 0.29) is 24.4 Å². The zero-order chi connectivity index (χ0) is 14.2. The second-order valence-electron chi connectivity index (χ2n) is 4.84. The summed E-state index contributed by atoms with van der Waals surface area (Å²) in [5.74, 6) is -0.138. The summed E-state index contributed by atoms with van der Waals surface area (Å²) in [5, 5.41) is 3.53. The Balaban J connectivity index is 2.17. The first-order valence-corrected chi connectivity index (χ1v) is 6.71. The highest BCUT2D eigenvalue weighted by Gasteiger charge is 2.39. The van der Waals surface area contributed by atoms with Gasteiger partial charge in [0.1, 0.15) is 6.04 Å². The Kier molecular flexibility index (Phi) is 4.02. The Morgan fingerprint density at radius 3 is 2.47 bits per heavy atom. The molecule has 1 aliphatic heterocycles. The van der Waals surface area contributed by atoms with Crippen LogP contribution in [-0.2, 0) is 11.3 Å². The number of benzene rings is 1. The fourth-order valence-corrected chi connectivity index (χ4v) is 2.28. The summed E-state index contributed by atoms with van der Waals surface area (Å²) in [4.78, 5) is 25.1. The predicted molar refractivity (Wildman–Crippen MR) is 74.2 cm³/mol. The highest BCUT2D eigenvalue weighted by Crippen LogP contribution is 2.24. The Morgan fingerprint density at radius 2 is 1.95 bits per heavy atom. The van der Waals surface area contributed by atoms with Crippen molar-refractivity contribution in [2.45, 2.75) is 26.4 Å². The third kappa shape index (κ3) is 2.85. The molecule has 2 rings (SSSR count). The number of carbonyl (C=O) groups excluding carboxylic acids is 2.